The van der Waals surface area contributed by atoms with E-state index in [1.807, 2.05) is 6.08 Å². The second-order valence-corrected chi connectivity index (χ2v) is 29.9. The number of ether oxygens (including phenoxy) is 1. The van der Waals surface area contributed by atoms with Crippen molar-refractivity contribution in [3.63, 3.8) is 0 Å². The summed E-state index contributed by atoms with van der Waals surface area (Å²) >= 11 is 0. The fourth-order valence-electron chi connectivity index (χ4n) is 13.8. The summed E-state index contributed by atoms with van der Waals surface area (Å²) in [5.74, 6) is -0.0395. The number of unbranched alkanes of at least 4 members (excludes halogenated alkanes) is 67. The lowest BCUT2D eigenvalue weighted by atomic mass is 10.0. The Morgan fingerprint density at radius 2 is 0.500 bits per heavy atom. The van der Waals surface area contributed by atoms with Crippen molar-refractivity contribution < 1.29 is 24.5 Å². The molecular formula is C88H169NO5. The summed E-state index contributed by atoms with van der Waals surface area (Å²) in [6, 6.07) is -0.626. The first-order valence-corrected chi connectivity index (χ1v) is 43.3. The molecule has 556 valence electrons. The lowest BCUT2D eigenvalue weighted by molar-refractivity contribution is -0.143. The summed E-state index contributed by atoms with van der Waals surface area (Å²) in [6.07, 6.45) is 110. The average molecular weight is 1320 g/mol. The molecule has 0 bridgehead atoms. The molecule has 94 heavy (non-hydrogen) atoms. The molecule has 6 nitrogen and oxygen atoms in total. The molecule has 0 aliphatic heterocycles. The van der Waals surface area contributed by atoms with Crippen LogP contribution in [0.4, 0.5) is 0 Å². The van der Waals surface area contributed by atoms with Crippen molar-refractivity contribution in [3.05, 3.63) is 36.5 Å². The van der Waals surface area contributed by atoms with Crippen molar-refractivity contribution in [1.29, 1.82) is 0 Å². The van der Waals surface area contributed by atoms with E-state index >= 15 is 0 Å². The van der Waals surface area contributed by atoms with Crippen LogP contribution in [0, 0.1) is 0 Å². The summed E-state index contributed by atoms with van der Waals surface area (Å²) in [4.78, 5) is 24.7. The summed E-state index contributed by atoms with van der Waals surface area (Å²) in [5.41, 5.74) is 0. The fourth-order valence-corrected chi connectivity index (χ4v) is 13.8. The molecule has 0 rings (SSSR count). The quantitative estimate of drug-likeness (QED) is 0.0320. The van der Waals surface area contributed by atoms with Gasteiger partial charge in [0.05, 0.1) is 25.4 Å². The maximum absolute atomic E-state index is 12.6. The molecule has 0 aromatic heterocycles. The number of esters is 1. The number of rotatable bonds is 82. The number of carbonyl (C=O) groups is 2. The van der Waals surface area contributed by atoms with Gasteiger partial charge in [-0.15, -0.1) is 0 Å². The van der Waals surface area contributed by atoms with Gasteiger partial charge in [-0.05, 0) is 83.5 Å². The third kappa shape index (κ3) is 79.1. The van der Waals surface area contributed by atoms with Gasteiger partial charge < -0.3 is 20.3 Å². The number of hydrogen-bond acceptors (Lipinski definition) is 5. The highest BCUT2D eigenvalue weighted by molar-refractivity contribution is 5.76. The third-order valence-corrected chi connectivity index (χ3v) is 20.4. The Balaban J connectivity index is 3.35. The van der Waals surface area contributed by atoms with Gasteiger partial charge in [0.15, 0.2) is 0 Å². The van der Waals surface area contributed by atoms with Gasteiger partial charge in [0.2, 0.25) is 5.91 Å². The zero-order valence-corrected chi connectivity index (χ0v) is 64.0. The molecule has 1 amide bonds. The normalized spacial score (nSPS) is 12.6. The van der Waals surface area contributed by atoms with Crippen LogP contribution in [0.1, 0.15) is 489 Å². The third-order valence-electron chi connectivity index (χ3n) is 20.4. The number of aliphatic hydroxyl groups excluding tert-OH is 2. The van der Waals surface area contributed by atoms with Gasteiger partial charge in [0.1, 0.15) is 0 Å². The predicted octanol–water partition coefficient (Wildman–Crippen LogP) is 28.9. The van der Waals surface area contributed by atoms with E-state index in [9.17, 15) is 19.8 Å². The van der Waals surface area contributed by atoms with E-state index in [0.29, 0.717) is 19.4 Å². The van der Waals surface area contributed by atoms with E-state index in [1.165, 1.54) is 424 Å². The van der Waals surface area contributed by atoms with E-state index in [2.05, 4.69) is 43.5 Å². The molecule has 6 heteroatoms. The summed E-state index contributed by atoms with van der Waals surface area (Å²) in [7, 11) is 0. The Kier molecular flexibility index (Phi) is 81.8. The lowest BCUT2D eigenvalue weighted by Crippen LogP contribution is -2.45. The summed E-state index contributed by atoms with van der Waals surface area (Å²) in [5, 5.41) is 23.3. The summed E-state index contributed by atoms with van der Waals surface area (Å²) < 4.78 is 5.52. The predicted molar refractivity (Wildman–Crippen MR) is 416 cm³/mol. The van der Waals surface area contributed by atoms with Crippen LogP contribution in [0.3, 0.4) is 0 Å². The standard InChI is InChI=1S/C88H169NO5/c1-3-5-7-9-11-13-15-17-19-21-23-24-42-45-48-52-56-60-64-68-72-76-80-86(91)85(84-90)89-87(92)81-77-73-69-65-61-57-53-49-46-43-40-38-36-34-32-30-28-26-25-27-29-31-33-35-37-39-41-44-47-51-55-59-63-67-71-75-79-83-94-88(93)82-78-74-70-66-62-58-54-50-22-20-18-16-14-12-10-8-6-4-2/h20,22,25,27,76,80,85-86,90-91H,3-19,21,23-24,26,28-75,77-79,81-84H2,1-2H3,(H,89,92)/b22-20-,27-25-,80-76+. The molecule has 0 aromatic carbocycles. The van der Waals surface area contributed by atoms with E-state index < -0.39 is 12.1 Å². The van der Waals surface area contributed by atoms with E-state index in [-0.39, 0.29) is 18.5 Å². The minimum atomic E-state index is -0.843. The highest BCUT2D eigenvalue weighted by Gasteiger charge is 2.18. The van der Waals surface area contributed by atoms with Crippen molar-refractivity contribution in [1.82, 2.24) is 5.32 Å². The molecular weight excluding hydrogens is 1150 g/mol. The van der Waals surface area contributed by atoms with Crippen LogP contribution in [0.5, 0.6) is 0 Å². The Bertz CT molecular complexity index is 1520. The minimum Gasteiger partial charge on any atom is -0.466 e. The molecule has 0 radical (unpaired) electrons. The monoisotopic (exact) mass is 1320 g/mol. The molecule has 2 atom stereocenters. The number of allylic oxidation sites excluding steroid dienone is 5. The van der Waals surface area contributed by atoms with Gasteiger partial charge in [0.25, 0.3) is 0 Å². The Hall–Kier alpha value is -1.92. The van der Waals surface area contributed by atoms with Crippen LogP contribution in [0.2, 0.25) is 0 Å². The van der Waals surface area contributed by atoms with Crippen LogP contribution in [0.25, 0.3) is 0 Å². The molecule has 0 spiro atoms. The molecule has 0 aromatic rings. The van der Waals surface area contributed by atoms with E-state index in [1.54, 1.807) is 6.08 Å². The number of amides is 1. The van der Waals surface area contributed by atoms with Gasteiger partial charge in [-0.25, -0.2) is 0 Å². The Morgan fingerprint density at radius 1 is 0.287 bits per heavy atom. The van der Waals surface area contributed by atoms with Crippen molar-refractivity contribution in [2.45, 2.75) is 501 Å². The maximum atomic E-state index is 12.6. The van der Waals surface area contributed by atoms with Gasteiger partial charge in [-0.2, -0.15) is 0 Å². The highest BCUT2D eigenvalue weighted by Crippen LogP contribution is 2.20. The molecule has 0 fully saturated rings. The van der Waals surface area contributed by atoms with Gasteiger partial charge in [-0.3, -0.25) is 9.59 Å². The first-order chi connectivity index (χ1) is 46.5. The second kappa shape index (κ2) is 83.5. The SMILES string of the molecule is CCCCCCCCC/C=C\CCCCCCCCCC(=O)OCCCCCCCCCCCCCCCCCC/C=C\CCCCCCCCCCCCCCCCCCCC(=O)NC(CO)C(O)/C=C/CCCCCCCCCCCCCCCCCCCCCC. The van der Waals surface area contributed by atoms with Gasteiger partial charge in [-0.1, -0.05) is 429 Å². The van der Waals surface area contributed by atoms with E-state index in [4.69, 9.17) is 4.74 Å². The first kappa shape index (κ1) is 92.1. The number of carbonyl (C=O) groups excluding carboxylic acids is 2. The number of aliphatic hydroxyl groups is 2. The zero-order chi connectivity index (χ0) is 67.7. The lowest BCUT2D eigenvalue weighted by Gasteiger charge is -2.20. The Labute approximate surface area is 589 Å². The van der Waals surface area contributed by atoms with Crippen molar-refractivity contribution in [2.75, 3.05) is 13.2 Å². The topological polar surface area (TPSA) is 95.9 Å². The minimum absolute atomic E-state index is 0.0193. The van der Waals surface area contributed by atoms with Gasteiger partial charge in [0, 0.05) is 12.8 Å². The molecule has 0 aliphatic rings. The molecule has 0 saturated carbocycles. The van der Waals surface area contributed by atoms with Crippen molar-refractivity contribution in [3.8, 4) is 0 Å². The number of hydrogen-bond donors (Lipinski definition) is 3. The second-order valence-electron chi connectivity index (χ2n) is 29.9. The zero-order valence-electron chi connectivity index (χ0n) is 64.0. The summed E-state index contributed by atoms with van der Waals surface area (Å²) in [6.45, 7) is 4.96. The van der Waals surface area contributed by atoms with Crippen LogP contribution < -0.4 is 5.32 Å². The Morgan fingerprint density at radius 3 is 0.755 bits per heavy atom. The maximum Gasteiger partial charge on any atom is 0.305 e. The van der Waals surface area contributed by atoms with Crippen molar-refractivity contribution >= 4 is 11.9 Å². The van der Waals surface area contributed by atoms with Crippen LogP contribution in [0.15, 0.2) is 36.5 Å². The first-order valence-electron chi connectivity index (χ1n) is 43.3. The van der Waals surface area contributed by atoms with Crippen LogP contribution >= 0.6 is 0 Å². The smallest absolute Gasteiger partial charge is 0.305 e. The van der Waals surface area contributed by atoms with Crippen LogP contribution in [-0.2, 0) is 14.3 Å². The molecule has 3 N–H and O–H groups in total. The fraction of sp³-hybridized carbons (Fsp3) is 0.909. The molecule has 0 aliphatic carbocycles. The largest absolute Gasteiger partial charge is 0.466 e. The highest BCUT2D eigenvalue weighted by atomic mass is 16.5. The molecule has 2 unspecified atom stereocenters. The van der Waals surface area contributed by atoms with Crippen LogP contribution in [-0.4, -0.2) is 47.4 Å². The van der Waals surface area contributed by atoms with Crippen molar-refractivity contribution in [2.24, 2.45) is 0 Å². The average Bonchev–Trinajstić information content (AvgIpc) is 3.65. The van der Waals surface area contributed by atoms with Gasteiger partial charge >= 0.3 is 5.97 Å². The molecule has 0 saturated heterocycles. The van der Waals surface area contributed by atoms with E-state index in [0.717, 1.165) is 38.5 Å². The molecule has 0 heterocycles. The number of nitrogens with one attached hydrogen (secondary N) is 1.